The number of rotatable bonds is 10. The summed E-state index contributed by atoms with van der Waals surface area (Å²) in [4.78, 5) is 18.7. The number of aliphatic hydroxyl groups is 1. The number of hydrogen-bond donors (Lipinski definition) is 2. The number of aliphatic hydroxyl groups excluding tert-OH is 1. The number of thioether (sulfide) groups is 1. The number of nitrogens with one attached hydrogen (secondary N) is 1. The molecule has 1 fully saturated rings. The van der Waals surface area contributed by atoms with E-state index in [1.54, 1.807) is 24.4 Å². The number of carbonyl (C=O) groups excluding carboxylic acids is 1. The Kier molecular flexibility index (Phi) is 8.98. The predicted molar refractivity (Wildman–Crippen MR) is 120 cm³/mol. The lowest BCUT2D eigenvalue weighted by molar-refractivity contribution is -0.118. The summed E-state index contributed by atoms with van der Waals surface area (Å²) in [7, 11) is -1.36. The van der Waals surface area contributed by atoms with E-state index in [1.165, 1.54) is 23.3 Å². The van der Waals surface area contributed by atoms with Gasteiger partial charge in [0.05, 0.1) is 18.6 Å². The minimum atomic E-state index is -1.36. The molecule has 0 bridgehead atoms. The van der Waals surface area contributed by atoms with Gasteiger partial charge in [0.2, 0.25) is 5.91 Å². The third kappa shape index (κ3) is 7.97. The van der Waals surface area contributed by atoms with Gasteiger partial charge in [0.15, 0.2) is 0 Å². The summed E-state index contributed by atoms with van der Waals surface area (Å²) in [5, 5.41) is 12.6. The molecule has 1 saturated heterocycles. The number of hydrogen-bond acceptors (Lipinski definition) is 7. The van der Waals surface area contributed by atoms with E-state index in [0.717, 1.165) is 25.3 Å². The van der Waals surface area contributed by atoms with Crippen LogP contribution in [0.4, 0.5) is 0 Å². The minimum Gasteiger partial charge on any atom is -0.511 e. The molecule has 0 spiro atoms. The molecule has 2 aromatic rings. The van der Waals surface area contributed by atoms with Gasteiger partial charge in [-0.2, -0.15) is 11.8 Å². The van der Waals surface area contributed by atoms with E-state index >= 15 is 0 Å². The second-order valence-electron chi connectivity index (χ2n) is 7.03. The summed E-state index contributed by atoms with van der Waals surface area (Å²) in [5.74, 6) is 2.68. The first-order valence-corrected chi connectivity index (χ1v) is 12.5. The molecule has 1 aliphatic rings. The number of aromatic nitrogens is 1. The van der Waals surface area contributed by atoms with Crippen LogP contribution in [0.1, 0.15) is 17.0 Å². The Bertz CT molecular complexity index is 865. The van der Waals surface area contributed by atoms with Gasteiger partial charge < -0.3 is 14.8 Å². The van der Waals surface area contributed by atoms with Crippen LogP contribution in [-0.4, -0.2) is 62.0 Å². The van der Waals surface area contributed by atoms with Crippen LogP contribution in [0.5, 0.6) is 0 Å². The lowest BCUT2D eigenvalue weighted by atomic mass is 10.1. The Labute approximate surface area is 183 Å². The molecular formula is C21H27N3O4S2. The monoisotopic (exact) mass is 449 g/mol. The van der Waals surface area contributed by atoms with E-state index in [1.807, 2.05) is 17.8 Å². The molecule has 3 heterocycles. The highest BCUT2D eigenvalue weighted by atomic mass is 32.2. The molecule has 3 rings (SSSR count). The van der Waals surface area contributed by atoms with E-state index in [4.69, 9.17) is 4.42 Å². The number of allylic oxidation sites excluding steroid dienone is 1. The standard InChI is InChI=1S/C21H27N3O4S2/c25-19(13-23-21(26)16-30(27)15-20-2-1-9-28-20)4-3-18-12-17(5-6-22-18)14-24-7-10-29-11-8-24/h1-2,4-6,9,12,25H,3,7-8,10-11,13-16H2,(H,23,26)/b19-4-. The Morgan fingerprint density at radius 2 is 2.20 bits per heavy atom. The highest BCUT2D eigenvalue weighted by Gasteiger charge is 2.12. The number of pyridine rings is 1. The van der Waals surface area contributed by atoms with Gasteiger partial charge >= 0.3 is 0 Å². The van der Waals surface area contributed by atoms with Crippen molar-refractivity contribution in [1.82, 2.24) is 15.2 Å². The molecule has 0 saturated carbocycles. The first kappa shape index (κ1) is 22.6. The maximum atomic E-state index is 12.0. The third-order valence-corrected chi connectivity index (χ3v) is 6.71. The first-order valence-electron chi connectivity index (χ1n) is 9.84. The summed E-state index contributed by atoms with van der Waals surface area (Å²) in [6.07, 6.45) is 5.43. The zero-order valence-electron chi connectivity index (χ0n) is 16.8. The van der Waals surface area contributed by atoms with Gasteiger partial charge in [-0.3, -0.25) is 18.9 Å². The highest BCUT2D eigenvalue weighted by molar-refractivity contribution is 7.99. The van der Waals surface area contributed by atoms with Crippen LogP contribution in [0.3, 0.4) is 0 Å². The molecule has 0 aliphatic carbocycles. The van der Waals surface area contributed by atoms with Crippen molar-refractivity contribution in [3.63, 3.8) is 0 Å². The SMILES string of the molecule is O=C(CS(=O)Cc1ccco1)NC/C(O)=C/Cc1cc(CN2CCSCC2)ccn1. The van der Waals surface area contributed by atoms with Gasteiger partial charge in [-0.25, -0.2) is 0 Å². The van der Waals surface area contributed by atoms with Crippen molar-refractivity contribution in [2.24, 2.45) is 0 Å². The summed E-state index contributed by atoms with van der Waals surface area (Å²) in [5.41, 5.74) is 2.09. The molecule has 1 amide bonds. The van der Waals surface area contributed by atoms with E-state index < -0.39 is 10.8 Å². The topological polar surface area (TPSA) is 95.7 Å². The van der Waals surface area contributed by atoms with Crippen molar-refractivity contribution in [3.8, 4) is 0 Å². The molecule has 1 atom stereocenters. The Morgan fingerprint density at radius 3 is 2.97 bits per heavy atom. The van der Waals surface area contributed by atoms with Gasteiger partial charge in [0.25, 0.3) is 0 Å². The van der Waals surface area contributed by atoms with Crippen LogP contribution in [0.2, 0.25) is 0 Å². The fourth-order valence-corrected chi connectivity index (χ4v) is 5.00. The van der Waals surface area contributed by atoms with Crippen LogP contribution in [0.25, 0.3) is 0 Å². The fraction of sp³-hybridized carbons (Fsp3) is 0.429. The molecule has 1 aliphatic heterocycles. The van der Waals surface area contributed by atoms with Crippen molar-refractivity contribution >= 4 is 28.5 Å². The van der Waals surface area contributed by atoms with Crippen LogP contribution in [-0.2, 0) is 34.3 Å². The maximum absolute atomic E-state index is 12.0. The van der Waals surface area contributed by atoms with E-state index in [9.17, 15) is 14.1 Å². The molecule has 30 heavy (non-hydrogen) atoms. The van der Waals surface area contributed by atoms with Crippen LogP contribution < -0.4 is 5.32 Å². The first-order chi connectivity index (χ1) is 14.6. The van der Waals surface area contributed by atoms with Crippen molar-refractivity contribution in [3.05, 3.63) is 65.6 Å². The minimum absolute atomic E-state index is 0.00191. The second-order valence-corrected chi connectivity index (χ2v) is 9.71. The van der Waals surface area contributed by atoms with Gasteiger partial charge in [0, 0.05) is 60.3 Å². The van der Waals surface area contributed by atoms with E-state index in [0.29, 0.717) is 12.2 Å². The molecule has 1 unspecified atom stereocenters. The average molecular weight is 450 g/mol. The number of furan rings is 1. The lowest BCUT2D eigenvalue weighted by Gasteiger charge is -2.26. The predicted octanol–water partition coefficient (Wildman–Crippen LogP) is 2.27. The van der Waals surface area contributed by atoms with E-state index in [-0.39, 0.29) is 29.7 Å². The second kappa shape index (κ2) is 11.9. The Balaban J connectivity index is 1.40. The number of carbonyl (C=O) groups is 1. The smallest absolute Gasteiger partial charge is 0.233 e. The van der Waals surface area contributed by atoms with Crippen LogP contribution in [0, 0.1) is 0 Å². The highest BCUT2D eigenvalue weighted by Crippen LogP contribution is 2.13. The molecule has 7 nitrogen and oxygen atoms in total. The maximum Gasteiger partial charge on any atom is 0.233 e. The van der Waals surface area contributed by atoms with Gasteiger partial charge in [-0.1, -0.05) is 0 Å². The lowest BCUT2D eigenvalue weighted by Crippen LogP contribution is -2.32. The molecular weight excluding hydrogens is 422 g/mol. The molecule has 162 valence electrons. The zero-order chi connectivity index (χ0) is 21.2. The van der Waals surface area contributed by atoms with E-state index in [2.05, 4.69) is 21.3 Å². The molecule has 0 aromatic carbocycles. The van der Waals surface area contributed by atoms with Crippen molar-refractivity contribution in [2.75, 3.05) is 36.9 Å². The summed E-state index contributed by atoms with van der Waals surface area (Å²) in [6, 6.07) is 7.52. The summed E-state index contributed by atoms with van der Waals surface area (Å²) < 4.78 is 17.1. The van der Waals surface area contributed by atoms with Crippen molar-refractivity contribution in [2.45, 2.75) is 18.7 Å². The largest absolute Gasteiger partial charge is 0.511 e. The average Bonchev–Trinajstić information content (AvgIpc) is 3.24. The normalized spacial score (nSPS) is 16.3. The third-order valence-electron chi connectivity index (χ3n) is 4.58. The van der Waals surface area contributed by atoms with Crippen LogP contribution >= 0.6 is 11.8 Å². The number of nitrogens with zero attached hydrogens (tertiary/aromatic N) is 2. The quantitative estimate of drug-likeness (QED) is 0.537. The molecule has 2 N–H and O–H groups in total. The summed E-state index contributed by atoms with van der Waals surface area (Å²) >= 11 is 1.99. The van der Waals surface area contributed by atoms with Crippen molar-refractivity contribution in [1.29, 1.82) is 0 Å². The van der Waals surface area contributed by atoms with Crippen molar-refractivity contribution < 1.29 is 18.5 Å². The fourth-order valence-electron chi connectivity index (χ4n) is 3.04. The Morgan fingerprint density at radius 1 is 1.37 bits per heavy atom. The summed E-state index contributed by atoms with van der Waals surface area (Å²) in [6.45, 7) is 3.13. The Hall–Kier alpha value is -2.10. The van der Waals surface area contributed by atoms with Gasteiger partial charge in [-0.05, 0) is 35.9 Å². The van der Waals surface area contributed by atoms with Crippen LogP contribution in [0.15, 0.2) is 53.0 Å². The molecule has 2 aromatic heterocycles. The number of amides is 1. The molecule has 9 heteroatoms. The molecule has 0 radical (unpaired) electrons. The van der Waals surface area contributed by atoms with Gasteiger partial charge in [0.1, 0.15) is 17.3 Å². The van der Waals surface area contributed by atoms with Gasteiger partial charge in [-0.15, -0.1) is 0 Å². The zero-order valence-corrected chi connectivity index (χ0v) is 18.4.